The minimum Gasteiger partial charge on any atom is -0.375 e. The van der Waals surface area contributed by atoms with Crippen molar-refractivity contribution < 1.29 is 27.5 Å². The normalized spacial score (nSPS) is 21.4. The highest BCUT2D eigenvalue weighted by Gasteiger charge is 2.36. The zero-order valence-electron chi connectivity index (χ0n) is 15.6. The monoisotopic (exact) mass is 416 g/mol. The zero-order valence-corrected chi connectivity index (χ0v) is 16.4. The molecule has 5 nitrogen and oxygen atoms in total. The van der Waals surface area contributed by atoms with Crippen molar-refractivity contribution in [2.75, 3.05) is 39.1 Å². The quantitative estimate of drug-likeness (QED) is 0.740. The van der Waals surface area contributed by atoms with Gasteiger partial charge in [0.1, 0.15) is 12.0 Å². The minimum absolute atomic E-state index is 0.00721. The first kappa shape index (κ1) is 21.0. The number of benzene rings is 1. The summed E-state index contributed by atoms with van der Waals surface area (Å²) in [4.78, 5) is 27.8. The molecular formula is C19H23F3N2O3S. The minimum atomic E-state index is -4.37. The van der Waals surface area contributed by atoms with E-state index in [1.807, 2.05) is 0 Å². The van der Waals surface area contributed by atoms with Crippen LogP contribution < -0.4 is 0 Å². The van der Waals surface area contributed by atoms with Crippen LogP contribution >= 0.6 is 11.8 Å². The standard InChI is InChI=1S/C19H23F3N2O3S/c1-27-11-16(25)23-8-6-13(7-9-23)10-24-17(26)12-28-18(24)14-2-4-15(5-3-14)19(20,21)22/h2-5,13,18H,6-12H2,1H3/t18-/m0/s1. The molecule has 2 fully saturated rings. The van der Waals surface area contributed by atoms with Crippen molar-refractivity contribution in [2.45, 2.75) is 24.4 Å². The fourth-order valence-electron chi connectivity index (χ4n) is 3.62. The molecule has 1 aromatic carbocycles. The van der Waals surface area contributed by atoms with E-state index < -0.39 is 11.7 Å². The van der Waals surface area contributed by atoms with Crippen LogP contribution in [0, 0.1) is 5.92 Å². The lowest BCUT2D eigenvalue weighted by Gasteiger charge is -2.35. The number of methoxy groups -OCH3 is 1. The van der Waals surface area contributed by atoms with Gasteiger partial charge in [0.15, 0.2) is 0 Å². The number of amides is 2. The predicted octanol–water partition coefficient (Wildman–Crippen LogP) is 3.16. The zero-order chi connectivity index (χ0) is 20.3. The van der Waals surface area contributed by atoms with Crippen LogP contribution in [0.25, 0.3) is 0 Å². The van der Waals surface area contributed by atoms with Gasteiger partial charge in [-0.3, -0.25) is 9.59 Å². The molecule has 2 heterocycles. The van der Waals surface area contributed by atoms with Crippen molar-refractivity contribution in [3.05, 3.63) is 35.4 Å². The number of nitrogens with zero attached hydrogens (tertiary/aromatic N) is 2. The van der Waals surface area contributed by atoms with Gasteiger partial charge in [0.25, 0.3) is 0 Å². The number of rotatable bonds is 5. The Hall–Kier alpha value is -1.74. The molecule has 0 spiro atoms. The summed E-state index contributed by atoms with van der Waals surface area (Å²) in [5, 5.41) is -0.261. The van der Waals surface area contributed by atoms with Gasteiger partial charge in [0.05, 0.1) is 11.3 Å². The first-order valence-corrected chi connectivity index (χ1v) is 10.2. The Balaban J connectivity index is 1.61. The third-order valence-corrected chi connectivity index (χ3v) is 6.44. The molecule has 0 radical (unpaired) electrons. The second kappa shape index (κ2) is 8.73. The largest absolute Gasteiger partial charge is 0.416 e. The van der Waals surface area contributed by atoms with Gasteiger partial charge in [-0.15, -0.1) is 11.8 Å². The SMILES string of the molecule is COCC(=O)N1CCC(CN2C(=O)CS[C@H]2c2ccc(C(F)(F)F)cc2)CC1. The lowest BCUT2D eigenvalue weighted by atomic mass is 9.95. The summed E-state index contributed by atoms with van der Waals surface area (Å²) in [6.07, 6.45) is -2.78. The van der Waals surface area contributed by atoms with E-state index >= 15 is 0 Å². The topological polar surface area (TPSA) is 49.9 Å². The molecule has 9 heteroatoms. The van der Waals surface area contributed by atoms with Gasteiger partial charge in [-0.1, -0.05) is 12.1 Å². The molecule has 0 saturated carbocycles. The van der Waals surface area contributed by atoms with Gasteiger partial charge >= 0.3 is 6.18 Å². The van der Waals surface area contributed by atoms with Gasteiger partial charge in [-0.2, -0.15) is 13.2 Å². The highest BCUT2D eigenvalue weighted by Crippen LogP contribution is 2.40. The van der Waals surface area contributed by atoms with Crippen LogP contribution in [0.4, 0.5) is 13.2 Å². The summed E-state index contributed by atoms with van der Waals surface area (Å²) in [7, 11) is 1.49. The lowest BCUT2D eigenvalue weighted by Crippen LogP contribution is -2.43. The number of alkyl halides is 3. The molecule has 1 atom stereocenters. The Morgan fingerprint density at radius 3 is 2.43 bits per heavy atom. The third-order valence-electron chi connectivity index (χ3n) is 5.18. The second-order valence-corrected chi connectivity index (χ2v) is 8.15. The van der Waals surface area contributed by atoms with Crippen LogP contribution in [0.1, 0.15) is 29.3 Å². The summed E-state index contributed by atoms with van der Waals surface area (Å²) in [6, 6.07) is 5.05. The Morgan fingerprint density at radius 2 is 1.86 bits per heavy atom. The van der Waals surface area contributed by atoms with E-state index in [1.165, 1.54) is 31.0 Å². The summed E-state index contributed by atoms with van der Waals surface area (Å²) >= 11 is 1.44. The fraction of sp³-hybridized carbons (Fsp3) is 0.579. The second-order valence-electron chi connectivity index (χ2n) is 7.09. The van der Waals surface area contributed by atoms with Crippen molar-refractivity contribution in [1.82, 2.24) is 9.80 Å². The first-order valence-electron chi connectivity index (χ1n) is 9.14. The van der Waals surface area contributed by atoms with E-state index in [0.717, 1.165) is 25.0 Å². The number of thioether (sulfide) groups is 1. The molecule has 154 valence electrons. The van der Waals surface area contributed by atoms with Gasteiger partial charge in [0.2, 0.25) is 11.8 Å². The Kier molecular flexibility index (Phi) is 6.54. The molecule has 0 bridgehead atoms. The molecule has 0 aromatic heterocycles. The number of ether oxygens (including phenoxy) is 1. The van der Waals surface area contributed by atoms with E-state index in [2.05, 4.69) is 0 Å². The number of hydrogen-bond donors (Lipinski definition) is 0. The van der Waals surface area contributed by atoms with Crippen LogP contribution in [0.2, 0.25) is 0 Å². The number of likely N-dealkylation sites (tertiary alicyclic amines) is 1. The third kappa shape index (κ3) is 4.81. The van der Waals surface area contributed by atoms with Gasteiger partial charge < -0.3 is 14.5 Å². The summed E-state index contributed by atoms with van der Waals surface area (Å²) in [5.41, 5.74) is 0.0155. The Bertz CT molecular complexity index is 703. The summed E-state index contributed by atoms with van der Waals surface area (Å²) in [5.74, 6) is 0.576. The molecule has 2 aliphatic rings. The molecule has 0 aliphatic carbocycles. The number of carbonyl (C=O) groups excluding carboxylic acids is 2. The van der Waals surface area contributed by atoms with Crippen LogP contribution in [0.15, 0.2) is 24.3 Å². The van der Waals surface area contributed by atoms with Crippen molar-refractivity contribution in [3.63, 3.8) is 0 Å². The number of hydrogen-bond acceptors (Lipinski definition) is 4. The smallest absolute Gasteiger partial charge is 0.375 e. The van der Waals surface area contributed by atoms with Crippen LogP contribution in [-0.4, -0.2) is 60.7 Å². The van der Waals surface area contributed by atoms with Crippen LogP contribution in [0.5, 0.6) is 0 Å². The van der Waals surface area contributed by atoms with E-state index in [9.17, 15) is 22.8 Å². The summed E-state index contributed by atoms with van der Waals surface area (Å²) in [6.45, 7) is 1.89. The van der Waals surface area contributed by atoms with Crippen molar-refractivity contribution in [3.8, 4) is 0 Å². The molecule has 2 saturated heterocycles. The summed E-state index contributed by atoms with van der Waals surface area (Å²) < 4.78 is 43.2. The average molecular weight is 416 g/mol. The highest BCUT2D eigenvalue weighted by molar-refractivity contribution is 8.00. The maximum Gasteiger partial charge on any atom is 0.416 e. The average Bonchev–Trinajstić information content (AvgIpc) is 3.02. The van der Waals surface area contributed by atoms with Crippen molar-refractivity contribution >= 4 is 23.6 Å². The predicted molar refractivity (Wildman–Crippen MR) is 99.5 cm³/mol. The molecule has 2 aliphatic heterocycles. The van der Waals surface area contributed by atoms with Gasteiger partial charge in [-0.05, 0) is 36.5 Å². The maximum absolute atomic E-state index is 12.8. The first-order chi connectivity index (χ1) is 13.3. The van der Waals surface area contributed by atoms with E-state index in [4.69, 9.17) is 4.74 Å². The highest BCUT2D eigenvalue weighted by atomic mass is 32.2. The molecule has 28 heavy (non-hydrogen) atoms. The van der Waals surface area contributed by atoms with E-state index in [-0.39, 0.29) is 29.7 Å². The van der Waals surface area contributed by atoms with E-state index in [0.29, 0.717) is 31.0 Å². The van der Waals surface area contributed by atoms with Crippen LogP contribution in [-0.2, 0) is 20.5 Å². The molecule has 0 unspecified atom stereocenters. The molecule has 1 aromatic rings. The fourth-order valence-corrected chi connectivity index (χ4v) is 4.82. The van der Waals surface area contributed by atoms with Gasteiger partial charge in [-0.25, -0.2) is 0 Å². The number of halogens is 3. The molecular weight excluding hydrogens is 393 g/mol. The maximum atomic E-state index is 12.8. The van der Waals surface area contributed by atoms with Gasteiger partial charge in [0, 0.05) is 26.7 Å². The number of piperidine rings is 1. The van der Waals surface area contributed by atoms with Crippen LogP contribution in [0.3, 0.4) is 0 Å². The molecule has 3 rings (SSSR count). The van der Waals surface area contributed by atoms with Crippen molar-refractivity contribution in [1.29, 1.82) is 0 Å². The van der Waals surface area contributed by atoms with Crippen molar-refractivity contribution in [2.24, 2.45) is 5.92 Å². The molecule has 0 N–H and O–H groups in total. The molecule has 2 amide bonds. The number of carbonyl (C=O) groups is 2. The Morgan fingerprint density at radius 1 is 1.21 bits per heavy atom. The lowest BCUT2D eigenvalue weighted by molar-refractivity contribution is -0.138. The Labute approximate surface area is 166 Å². The van der Waals surface area contributed by atoms with E-state index in [1.54, 1.807) is 9.80 Å².